The number of pyridine rings is 1. The SMILES string of the molecule is Clc1ccc2c(n1)CCC[C@]21CNC[C@H]1[C@]1(C2CCCCC2)C[C@@H](c2ccccc2)CC[N]1. The standard InChI is InChI=1S/C29H37ClN3/c30-27-14-13-24-25(33-27)12-7-16-28(24)20-31-19-26(28)29(23-10-5-2-6-11-23)18-22(15-17-32-29)21-8-3-1-4-9-21/h1,3-4,8-9,13-14,22-23,26,31H,2,5-7,10-12,15-20H2/t22-,26+,28-,29+/m0/s1. The topological polar surface area (TPSA) is 39.0 Å². The van der Waals surface area contributed by atoms with Crippen molar-refractivity contribution in [1.82, 2.24) is 15.6 Å². The lowest BCUT2D eigenvalue weighted by molar-refractivity contribution is 0.0242. The normalized spacial score (nSPS) is 34.9. The van der Waals surface area contributed by atoms with Crippen LogP contribution in [0.3, 0.4) is 0 Å². The first-order chi connectivity index (χ1) is 16.2. The number of hydrogen-bond acceptors (Lipinski definition) is 2. The average Bonchev–Trinajstić information content (AvgIpc) is 3.29. The average molecular weight is 463 g/mol. The molecule has 0 unspecified atom stereocenters. The van der Waals surface area contributed by atoms with Crippen LogP contribution in [0.1, 0.15) is 80.5 Å². The van der Waals surface area contributed by atoms with E-state index in [0.29, 0.717) is 22.9 Å². The fourth-order valence-corrected chi connectivity index (χ4v) is 8.38. The number of aryl methyl sites for hydroxylation is 1. The number of fused-ring (bicyclic) bond motifs is 2. The van der Waals surface area contributed by atoms with Gasteiger partial charge < -0.3 is 5.32 Å². The lowest BCUT2D eigenvalue weighted by Crippen LogP contribution is -2.62. The summed E-state index contributed by atoms with van der Waals surface area (Å²) >= 11 is 6.35. The van der Waals surface area contributed by atoms with E-state index in [0.717, 1.165) is 26.1 Å². The fourth-order valence-electron chi connectivity index (χ4n) is 8.22. The van der Waals surface area contributed by atoms with Gasteiger partial charge in [-0.1, -0.05) is 67.3 Å². The van der Waals surface area contributed by atoms with E-state index < -0.39 is 0 Å². The van der Waals surface area contributed by atoms with Crippen molar-refractivity contribution < 1.29 is 0 Å². The van der Waals surface area contributed by atoms with Crippen molar-refractivity contribution in [1.29, 1.82) is 0 Å². The van der Waals surface area contributed by atoms with E-state index >= 15 is 0 Å². The van der Waals surface area contributed by atoms with Crippen molar-refractivity contribution >= 4 is 11.6 Å². The van der Waals surface area contributed by atoms with Gasteiger partial charge >= 0.3 is 0 Å². The van der Waals surface area contributed by atoms with E-state index in [2.05, 4.69) is 41.7 Å². The van der Waals surface area contributed by atoms with Gasteiger partial charge in [0.1, 0.15) is 5.15 Å². The highest BCUT2D eigenvalue weighted by molar-refractivity contribution is 6.29. The summed E-state index contributed by atoms with van der Waals surface area (Å²) in [6.07, 6.45) is 12.8. The van der Waals surface area contributed by atoms with Gasteiger partial charge in [-0.2, -0.15) is 0 Å². The second kappa shape index (κ2) is 8.98. The van der Waals surface area contributed by atoms with Gasteiger partial charge in [-0.05, 0) is 74.0 Å². The molecule has 4 heteroatoms. The highest BCUT2D eigenvalue weighted by Crippen LogP contribution is 2.56. The minimum Gasteiger partial charge on any atom is -0.315 e. The van der Waals surface area contributed by atoms with Crippen LogP contribution in [0.5, 0.6) is 0 Å². The molecule has 3 fully saturated rings. The highest BCUT2D eigenvalue weighted by Gasteiger charge is 2.59. The summed E-state index contributed by atoms with van der Waals surface area (Å²) in [5.74, 6) is 1.88. The van der Waals surface area contributed by atoms with E-state index in [1.165, 1.54) is 74.6 Å². The van der Waals surface area contributed by atoms with Crippen molar-refractivity contribution in [2.24, 2.45) is 11.8 Å². The first-order valence-electron chi connectivity index (χ1n) is 13.3. The highest BCUT2D eigenvalue weighted by atomic mass is 35.5. The predicted molar refractivity (Wildman–Crippen MR) is 135 cm³/mol. The lowest BCUT2D eigenvalue weighted by Gasteiger charge is -2.56. The number of nitrogens with one attached hydrogen (secondary N) is 1. The Kier molecular flexibility index (Phi) is 6.01. The molecule has 175 valence electrons. The van der Waals surface area contributed by atoms with Gasteiger partial charge in [0.05, 0.1) is 0 Å². The molecule has 4 aliphatic rings. The summed E-state index contributed by atoms with van der Waals surface area (Å²) in [5.41, 5.74) is 4.45. The molecule has 33 heavy (non-hydrogen) atoms. The van der Waals surface area contributed by atoms with Gasteiger partial charge in [0.25, 0.3) is 0 Å². The maximum atomic E-state index is 6.35. The molecule has 2 aromatic rings. The molecular weight excluding hydrogens is 426 g/mol. The van der Waals surface area contributed by atoms with Crippen molar-refractivity contribution in [3.63, 3.8) is 0 Å². The van der Waals surface area contributed by atoms with Crippen LogP contribution in [0.25, 0.3) is 0 Å². The Morgan fingerprint density at radius 3 is 2.64 bits per heavy atom. The molecule has 1 saturated carbocycles. The third-order valence-corrected chi connectivity index (χ3v) is 9.82. The van der Waals surface area contributed by atoms with Crippen LogP contribution < -0.4 is 10.6 Å². The molecule has 3 heterocycles. The van der Waals surface area contributed by atoms with E-state index in [4.69, 9.17) is 21.9 Å². The third kappa shape index (κ3) is 3.75. The molecule has 1 spiro atoms. The number of benzene rings is 1. The fraction of sp³-hybridized carbons (Fsp3) is 0.621. The van der Waals surface area contributed by atoms with Crippen molar-refractivity contribution in [2.45, 2.75) is 81.1 Å². The van der Waals surface area contributed by atoms with Crippen LogP contribution in [0.15, 0.2) is 42.5 Å². The number of aromatic nitrogens is 1. The van der Waals surface area contributed by atoms with Crippen LogP contribution in [0.2, 0.25) is 5.15 Å². The predicted octanol–water partition coefficient (Wildman–Crippen LogP) is 6.03. The molecular formula is C29H37ClN3. The second-order valence-electron chi connectivity index (χ2n) is 11.1. The van der Waals surface area contributed by atoms with Crippen molar-refractivity contribution in [3.8, 4) is 0 Å². The number of rotatable bonds is 3. The monoisotopic (exact) mass is 462 g/mol. The lowest BCUT2D eigenvalue weighted by atomic mass is 9.53. The second-order valence-corrected chi connectivity index (χ2v) is 11.5. The Morgan fingerprint density at radius 2 is 1.79 bits per heavy atom. The molecule has 2 aliphatic carbocycles. The zero-order valence-electron chi connectivity index (χ0n) is 19.7. The van der Waals surface area contributed by atoms with Crippen molar-refractivity contribution in [3.05, 3.63) is 64.4 Å². The third-order valence-electron chi connectivity index (χ3n) is 9.61. The van der Waals surface area contributed by atoms with Crippen LogP contribution >= 0.6 is 11.6 Å². The van der Waals surface area contributed by atoms with E-state index in [1.54, 1.807) is 0 Å². The Balaban J connectivity index is 1.44. The van der Waals surface area contributed by atoms with Gasteiger partial charge in [-0.15, -0.1) is 0 Å². The summed E-state index contributed by atoms with van der Waals surface area (Å²) in [6, 6.07) is 15.6. The van der Waals surface area contributed by atoms with Crippen molar-refractivity contribution in [2.75, 3.05) is 19.6 Å². The Hall–Kier alpha value is -1.42. The first kappa shape index (κ1) is 22.1. The molecule has 6 rings (SSSR count). The summed E-state index contributed by atoms with van der Waals surface area (Å²) < 4.78 is 0. The summed E-state index contributed by atoms with van der Waals surface area (Å²) in [5, 5.41) is 10.2. The Bertz CT molecular complexity index is 972. The Labute approximate surface area is 204 Å². The summed E-state index contributed by atoms with van der Waals surface area (Å²) in [4.78, 5) is 4.82. The van der Waals surface area contributed by atoms with Crippen LogP contribution in [0, 0.1) is 11.8 Å². The quantitative estimate of drug-likeness (QED) is 0.565. The number of halogens is 1. The molecule has 0 amide bonds. The zero-order valence-corrected chi connectivity index (χ0v) is 20.5. The molecule has 4 atom stereocenters. The molecule has 1 radical (unpaired) electrons. The molecule has 3 nitrogen and oxygen atoms in total. The molecule has 0 bridgehead atoms. The summed E-state index contributed by atoms with van der Waals surface area (Å²) in [7, 11) is 0. The molecule has 2 saturated heterocycles. The maximum Gasteiger partial charge on any atom is 0.129 e. The van der Waals surface area contributed by atoms with Crippen LogP contribution in [-0.2, 0) is 11.8 Å². The smallest absolute Gasteiger partial charge is 0.129 e. The summed E-state index contributed by atoms with van der Waals surface area (Å²) in [6.45, 7) is 3.16. The minimum absolute atomic E-state index is 0.0664. The number of piperidine rings is 1. The number of hydrogen-bond donors (Lipinski definition) is 1. The van der Waals surface area contributed by atoms with E-state index in [1.807, 2.05) is 6.07 Å². The molecule has 1 N–H and O–H groups in total. The van der Waals surface area contributed by atoms with E-state index in [9.17, 15) is 0 Å². The van der Waals surface area contributed by atoms with Gasteiger partial charge in [-0.25, -0.2) is 10.3 Å². The van der Waals surface area contributed by atoms with Gasteiger partial charge in [0.15, 0.2) is 0 Å². The minimum atomic E-state index is 0.0664. The van der Waals surface area contributed by atoms with E-state index in [-0.39, 0.29) is 11.0 Å². The van der Waals surface area contributed by atoms with Gasteiger partial charge in [-0.3, -0.25) is 0 Å². The molecule has 1 aromatic heterocycles. The van der Waals surface area contributed by atoms with Crippen LogP contribution in [0.4, 0.5) is 0 Å². The maximum absolute atomic E-state index is 6.35. The molecule has 2 aliphatic heterocycles. The number of nitrogens with zero attached hydrogens (tertiary/aromatic N) is 2. The zero-order chi connectivity index (χ0) is 22.3. The Morgan fingerprint density at radius 1 is 0.939 bits per heavy atom. The largest absolute Gasteiger partial charge is 0.315 e. The first-order valence-corrected chi connectivity index (χ1v) is 13.7. The van der Waals surface area contributed by atoms with Gasteiger partial charge in [0.2, 0.25) is 0 Å². The molecule has 1 aromatic carbocycles. The van der Waals surface area contributed by atoms with Crippen LogP contribution in [-0.4, -0.2) is 30.2 Å². The van der Waals surface area contributed by atoms with Gasteiger partial charge in [0, 0.05) is 42.2 Å².